The third-order valence-electron chi connectivity index (χ3n) is 3.20. The molecule has 2 aromatic rings. The van der Waals surface area contributed by atoms with Crippen molar-refractivity contribution in [1.29, 1.82) is 0 Å². The summed E-state index contributed by atoms with van der Waals surface area (Å²) in [5.41, 5.74) is 1.08. The number of anilines is 2. The Kier molecular flexibility index (Phi) is 3.65. The molecule has 0 spiro atoms. The summed E-state index contributed by atoms with van der Waals surface area (Å²) in [6, 6.07) is 13.8. The molecule has 22 heavy (non-hydrogen) atoms. The van der Waals surface area contributed by atoms with E-state index in [-0.39, 0.29) is 0 Å². The van der Waals surface area contributed by atoms with Gasteiger partial charge in [-0.15, -0.1) is 0 Å². The minimum absolute atomic E-state index is 0.466. The standard InChI is InChI=1S/C16H14N2O4/c1-21-11-6-4-5-10(9-11)17-15(19)14-16(20)18-12-7-2-3-8-13(12)22-14/h2-9,14H,1H3,(H,17,19)(H,18,20)/t14-/m1/s1. The Labute approximate surface area is 127 Å². The zero-order valence-electron chi connectivity index (χ0n) is 11.8. The first kappa shape index (κ1) is 13.9. The Morgan fingerprint density at radius 2 is 2.05 bits per heavy atom. The molecule has 1 heterocycles. The second-order valence-electron chi connectivity index (χ2n) is 4.70. The lowest BCUT2D eigenvalue weighted by Crippen LogP contribution is -2.45. The lowest BCUT2D eigenvalue weighted by molar-refractivity contribution is -0.133. The van der Waals surface area contributed by atoms with Crippen LogP contribution in [-0.2, 0) is 9.59 Å². The van der Waals surface area contributed by atoms with Gasteiger partial charge in [-0.1, -0.05) is 18.2 Å². The minimum Gasteiger partial charge on any atom is -0.497 e. The molecule has 0 radical (unpaired) electrons. The topological polar surface area (TPSA) is 76.7 Å². The van der Waals surface area contributed by atoms with Crippen LogP contribution < -0.4 is 20.1 Å². The average molecular weight is 298 g/mol. The molecule has 0 fully saturated rings. The maximum atomic E-state index is 12.2. The lowest BCUT2D eigenvalue weighted by Gasteiger charge is -2.24. The molecule has 0 bridgehead atoms. The van der Waals surface area contributed by atoms with Crippen LogP contribution in [0.2, 0.25) is 0 Å². The van der Waals surface area contributed by atoms with E-state index >= 15 is 0 Å². The SMILES string of the molecule is COc1cccc(NC(=O)[C@H]2Oc3ccccc3NC2=O)c1. The van der Waals surface area contributed by atoms with E-state index in [1.165, 1.54) is 7.11 Å². The first-order valence-corrected chi connectivity index (χ1v) is 6.69. The maximum absolute atomic E-state index is 12.2. The number of hydrogen-bond acceptors (Lipinski definition) is 4. The highest BCUT2D eigenvalue weighted by Crippen LogP contribution is 2.29. The van der Waals surface area contributed by atoms with Gasteiger partial charge in [-0.2, -0.15) is 0 Å². The van der Waals surface area contributed by atoms with Crippen LogP contribution in [0, 0.1) is 0 Å². The van der Waals surface area contributed by atoms with E-state index in [1.807, 2.05) is 0 Å². The van der Waals surface area contributed by atoms with E-state index in [0.717, 1.165) is 0 Å². The smallest absolute Gasteiger partial charge is 0.275 e. The van der Waals surface area contributed by atoms with Crippen LogP contribution in [0.1, 0.15) is 0 Å². The fourth-order valence-electron chi connectivity index (χ4n) is 2.13. The van der Waals surface area contributed by atoms with Crippen LogP contribution in [-0.4, -0.2) is 25.0 Å². The number of rotatable bonds is 3. The summed E-state index contributed by atoms with van der Waals surface area (Å²) in [4.78, 5) is 24.2. The maximum Gasteiger partial charge on any atom is 0.275 e. The third-order valence-corrected chi connectivity index (χ3v) is 3.20. The zero-order valence-corrected chi connectivity index (χ0v) is 11.8. The molecule has 6 nitrogen and oxygen atoms in total. The molecule has 0 saturated heterocycles. The van der Waals surface area contributed by atoms with Crippen molar-refractivity contribution in [2.75, 3.05) is 17.7 Å². The molecule has 1 atom stereocenters. The predicted octanol–water partition coefficient (Wildman–Crippen LogP) is 2.03. The summed E-state index contributed by atoms with van der Waals surface area (Å²) >= 11 is 0. The van der Waals surface area contributed by atoms with Gasteiger partial charge in [-0.3, -0.25) is 9.59 Å². The first-order chi connectivity index (χ1) is 10.7. The quantitative estimate of drug-likeness (QED) is 0.850. The van der Waals surface area contributed by atoms with Gasteiger partial charge in [0.1, 0.15) is 11.5 Å². The molecular formula is C16H14N2O4. The van der Waals surface area contributed by atoms with Gasteiger partial charge < -0.3 is 20.1 Å². The van der Waals surface area contributed by atoms with Crippen molar-refractivity contribution in [3.63, 3.8) is 0 Å². The van der Waals surface area contributed by atoms with Crippen molar-refractivity contribution in [2.24, 2.45) is 0 Å². The third kappa shape index (κ3) is 2.71. The summed E-state index contributed by atoms with van der Waals surface area (Å²) in [5, 5.41) is 5.29. The fourth-order valence-corrected chi connectivity index (χ4v) is 2.13. The number of ether oxygens (including phenoxy) is 2. The van der Waals surface area contributed by atoms with E-state index in [4.69, 9.17) is 9.47 Å². The number of fused-ring (bicyclic) bond motifs is 1. The molecule has 3 rings (SSSR count). The number of amides is 2. The number of benzene rings is 2. The number of carbonyl (C=O) groups excluding carboxylic acids is 2. The van der Waals surface area contributed by atoms with Gasteiger partial charge in [-0.25, -0.2) is 0 Å². The second-order valence-corrected chi connectivity index (χ2v) is 4.70. The van der Waals surface area contributed by atoms with Gasteiger partial charge in [0, 0.05) is 11.8 Å². The monoisotopic (exact) mass is 298 g/mol. The van der Waals surface area contributed by atoms with Crippen molar-refractivity contribution in [3.8, 4) is 11.5 Å². The van der Waals surface area contributed by atoms with Crippen molar-refractivity contribution in [3.05, 3.63) is 48.5 Å². The number of nitrogens with one attached hydrogen (secondary N) is 2. The second kappa shape index (κ2) is 5.77. The molecule has 1 aliphatic heterocycles. The van der Waals surface area contributed by atoms with Crippen LogP contribution in [0.4, 0.5) is 11.4 Å². The summed E-state index contributed by atoms with van der Waals surface area (Å²) in [6.45, 7) is 0. The normalized spacial score (nSPS) is 16.0. The Morgan fingerprint density at radius 3 is 2.86 bits per heavy atom. The summed E-state index contributed by atoms with van der Waals surface area (Å²) in [6.07, 6.45) is -1.24. The van der Waals surface area contributed by atoms with E-state index < -0.39 is 17.9 Å². The number of para-hydroxylation sites is 2. The molecule has 0 aromatic heterocycles. The predicted molar refractivity (Wildman–Crippen MR) is 81.1 cm³/mol. The zero-order chi connectivity index (χ0) is 15.5. The number of methoxy groups -OCH3 is 1. The lowest BCUT2D eigenvalue weighted by atomic mass is 10.2. The van der Waals surface area contributed by atoms with Gasteiger partial charge in [-0.05, 0) is 24.3 Å². The van der Waals surface area contributed by atoms with Crippen molar-refractivity contribution in [1.82, 2.24) is 0 Å². The molecule has 1 aliphatic rings. The molecule has 0 unspecified atom stereocenters. The Balaban J connectivity index is 1.76. The largest absolute Gasteiger partial charge is 0.497 e. The van der Waals surface area contributed by atoms with Crippen LogP contribution in [0.25, 0.3) is 0 Å². The van der Waals surface area contributed by atoms with Crippen LogP contribution in [0.5, 0.6) is 11.5 Å². The highest BCUT2D eigenvalue weighted by atomic mass is 16.5. The molecule has 6 heteroatoms. The van der Waals surface area contributed by atoms with Crippen molar-refractivity contribution < 1.29 is 19.1 Å². The van der Waals surface area contributed by atoms with Gasteiger partial charge in [0.25, 0.3) is 17.9 Å². The minimum atomic E-state index is -1.24. The van der Waals surface area contributed by atoms with Gasteiger partial charge >= 0.3 is 0 Å². The Bertz CT molecular complexity index is 730. The Morgan fingerprint density at radius 1 is 1.23 bits per heavy atom. The van der Waals surface area contributed by atoms with Crippen LogP contribution in [0.15, 0.2) is 48.5 Å². The van der Waals surface area contributed by atoms with Gasteiger partial charge in [0.15, 0.2) is 0 Å². The van der Waals surface area contributed by atoms with Crippen LogP contribution >= 0.6 is 0 Å². The molecule has 2 amide bonds. The van der Waals surface area contributed by atoms with Crippen molar-refractivity contribution >= 4 is 23.2 Å². The van der Waals surface area contributed by atoms with Crippen molar-refractivity contribution in [2.45, 2.75) is 6.10 Å². The summed E-state index contributed by atoms with van der Waals surface area (Å²) in [5.74, 6) is 0.0319. The van der Waals surface area contributed by atoms with Crippen LogP contribution in [0.3, 0.4) is 0 Å². The average Bonchev–Trinajstić information content (AvgIpc) is 2.54. The molecule has 112 valence electrons. The molecule has 2 aromatic carbocycles. The van der Waals surface area contributed by atoms with Gasteiger partial charge in [0.05, 0.1) is 12.8 Å². The van der Waals surface area contributed by atoms with E-state index in [0.29, 0.717) is 22.9 Å². The number of carbonyl (C=O) groups is 2. The molecule has 2 N–H and O–H groups in total. The van der Waals surface area contributed by atoms with E-state index in [2.05, 4.69) is 10.6 Å². The van der Waals surface area contributed by atoms with E-state index in [1.54, 1.807) is 48.5 Å². The first-order valence-electron chi connectivity index (χ1n) is 6.69. The van der Waals surface area contributed by atoms with Gasteiger partial charge in [0.2, 0.25) is 0 Å². The highest BCUT2D eigenvalue weighted by Gasteiger charge is 2.33. The Hall–Kier alpha value is -3.02. The number of hydrogen-bond donors (Lipinski definition) is 2. The molecule has 0 aliphatic carbocycles. The summed E-state index contributed by atoms with van der Waals surface area (Å²) < 4.78 is 10.6. The fraction of sp³-hybridized carbons (Fsp3) is 0.125. The molecule has 0 saturated carbocycles. The van der Waals surface area contributed by atoms with E-state index in [9.17, 15) is 9.59 Å². The summed E-state index contributed by atoms with van der Waals surface area (Å²) in [7, 11) is 1.54. The molecular weight excluding hydrogens is 284 g/mol. The highest BCUT2D eigenvalue weighted by molar-refractivity contribution is 6.15.